The van der Waals surface area contributed by atoms with Gasteiger partial charge in [0.15, 0.2) is 0 Å². The summed E-state index contributed by atoms with van der Waals surface area (Å²) in [6, 6.07) is 9.71. The summed E-state index contributed by atoms with van der Waals surface area (Å²) < 4.78 is 1.28. The van der Waals surface area contributed by atoms with E-state index in [1.54, 1.807) is 0 Å². The summed E-state index contributed by atoms with van der Waals surface area (Å²) in [5, 5.41) is 0. The molecule has 18 heavy (non-hydrogen) atoms. The van der Waals surface area contributed by atoms with Crippen molar-refractivity contribution in [1.29, 1.82) is 0 Å². The summed E-state index contributed by atoms with van der Waals surface area (Å²) >= 11 is 2.35. The van der Waals surface area contributed by atoms with Crippen molar-refractivity contribution >= 4 is 22.6 Å². The predicted octanol–water partition coefficient (Wildman–Crippen LogP) is 3.41. The van der Waals surface area contributed by atoms with Crippen molar-refractivity contribution in [1.82, 2.24) is 4.90 Å². The van der Waals surface area contributed by atoms with Crippen LogP contribution in [0.1, 0.15) is 38.3 Å². The Kier molecular flexibility index (Phi) is 5.04. The number of hydrogen-bond donors (Lipinski definition) is 1. The van der Waals surface area contributed by atoms with E-state index in [2.05, 4.69) is 65.6 Å². The van der Waals surface area contributed by atoms with Crippen LogP contribution in [0.4, 0.5) is 0 Å². The average molecular weight is 358 g/mol. The molecule has 0 saturated heterocycles. The van der Waals surface area contributed by atoms with Crippen LogP contribution in [0.15, 0.2) is 24.3 Å². The summed E-state index contributed by atoms with van der Waals surface area (Å²) in [5.41, 5.74) is 7.39. The van der Waals surface area contributed by atoms with Crippen molar-refractivity contribution < 1.29 is 0 Å². The number of hydrogen-bond acceptors (Lipinski definition) is 2. The highest BCUT2D eigenvalue weighted by Gasteiger charge is 2.29. The Hall–Kier alpha value is -0.130. The van der Waals surface area contributed by atoms with Gasteiger partial charge in [-0.25, -0.2) is 0 Å². The quantitative estimate of drug-likeness (QED) is 0.790. The van der Waals surface area contributed by atoms with Gasteiger partial charge in [0.25, 0.3) is 0 Å². The second-order valence-corrected chi connectivity index (χ2v) is 6.78. The molecule has 0 spiro atoms. The first-order valence-corrected chi connectivity index (χ1v) is 7.91. The van der Waals surface area contributed by atoms with E-state index in [0.29, 0.717) is 18.6 Å². The van der Waals surface area contributed by atoms with Gasteiger partial charge in [-0.05, 0) is 72.9 Å². The molecule has 1 aliphatic carbocycles. The molecule has 0 aliphatic heterocycles. The van der Waals surface area contributed by atoms with Crippen LogP contribution in [0, 0.1) is 9.49 Å². The van der Waals surface area contributed by atoms with Crippen molar-refractivity contribution in [2.24, 2.45) is 11.7 Å². The lowest BCUT2D eigenvalue weighted by atomic mass is 10.0. The minimum absolute atomic E-state index is 0.364. The molecule has 1 atom stereocenters. The van der Waals surface area contributed by atoms with E-state index in [0.717, 1.165) is 5.92 Å². The Morgan fingerprint density at radius 3 is 2.33 bits per heavy atom. The third-order valence-corrected chi connectivity index (χ3v) is 4.43. The Bertz CT molecular complexity index is 371. The van der Waals surface area contributed by atoms with E-state index in [-0.39, 0.29) is 0 Å². The van der Waals surface area contributed by atoms with Crippen molar-refractivity contribution in [2.75, 3.05) is 13.1 Å². The fourth-order valence-electron chi connectivity index (χ4n) is 2.44. The fraction of sp³-hybridized carbons (Fsp3) is 0.600. The molecule has 2 N–H and O–H groups in total. The van der Waals surface area contributed by atoms with Crippen LogP contribution in [-0.2, 0) is 0 Å². The molecule has 0 aromatic heterocycles. The zero-order valence-electron chi connectivity index (χ0n) is 11.3. The van der Waals surface area contributed by atoms with Crippen LogP contribution in [0.3, 0.4) is 0 Å². The smallest absolute Gasteiger partial charge is 0.0473 e. The number of benzene rings is 1. The van der Waals surface area contributed by atoms with Gasteiger partial charge < -0.3 is 5.73 Å². The van der Waals surface area contributed by atoms with Crippen molar-refractivity contribution in [3.8, 4) is 0 Å². The topological polar surface area (TPSA) is 29.3 Å². The normalized spacial score (nSPS) is 17.4. The van der Waals surface area contributed by atoms with Gasteiger partial charge in [0, 0.05) is 28.7 Å². The van der Waals surface area contributed by atoms with Gasteiger partial charge in [0.2, 0.25) is 0 Å². The maximum atomic E-state index is 6.03. The van der Waals surface area contributed by atoms with Crippen LogP contribution in [0.25, 0.3) is 0 Å². The highest BCUT2D eigenvalue weighted by molar-refractivity contribution is 14.1. The molecule has 0 bridgehead atoms. The largest absolute Gasteiger partial charge is 0.329 e. The zero-order chi connectivity index (χ0) is 13.1. The van der Waals surface area contributed by atoms with Crippen molar-refractivity contribution in [3.63, 3.8) is 0 Å². The second kappa shape index (κ2) is 6.35. The zero-order valence-corrected chi connectivity index (χ0v) is 13.4. The number of halogens is 1. The van der Waals surface area contributed by atoms with Crippen molar-refractivity contribution in [2.45, 2.75) is 38.8 Å². The maximum Gasteiger partial charge on any atom is 0.0473 e. The average Bonchev–Trinajstić information content (AvgIpc) is 3.15. The van der Waals surface area contributed by atoms with E-state index in [4.69, 9.17) is 5.73 Å². The van der Waals surface area contributed by atoms with Gasteiger partial charge in [-0.15, -0.1) is 0 Å². The molecule has 100 valence electrons. The molecule has 0 amide bonds. The minimum atomic E-state index is 0.364. The van der Waals surface area contributed by atoms with Crippen molar-refractivity contribution in [3.05, 3.63) is 33.4 Å². The Balaban J connectivity index is 2.15. The van der Waals surface area contributed by atoms with Gasteiger partial charge >= 0.3 is 0 Å². The Morgan fingerprint density at radius 2 is 1.89 bits per heavy atom. The summed E-state index contributed by atoms with van der Waals surface area (Å²) in [4.78, 5) is 2.57. The van der Waals surface area contributed by atoms with Gasteiger partial charge in [-0.2, -0.15) is 0 Å². The lowest BCUT2D eigenvalue weighted by molar-refractivity contribution is 0.149. The highest BCUT2D eigenvalue weighted by atomic mass is 127. The highest BCUT2D eigenvalue weighted by Crippen LogP contribution is 2.33. The van der Waals surface area contributed by atoms with Gasteiger partial charge in [0.05, 0.1) is 0 Å². The van der Waals surface area contributed by atoms with Crippen LogP contribution in [0.2, 0.25) is 0 Å². The molecular formula is C15H23IN2. The SMILES string of the molecule is CC(C)N(CC1CC1)C(CN)c1ccc(I)cc1. The molecular weight excluding hydrogens is 335 g/mol. The second-order valence-electron chi connectivity index (χ2n) is 5.54. The van der Waals surface area contributed by atoms with Gasteiger partial charge in [0.1, 0.15) is 0 Å². The third-order valence-electron chi connectivity index (χ3n) is 3.71. The maximum absolute atomic E-state index is 6.03. The minimum Gasteiger partial charge on any atom is -0.329 e. The van der Waals surface area contributed by atoms with Crippen LogP contribution in [-0.4, -0.2) is 24.0 Å². The van der Waals surface area contributed by atoms with Crippen LogP contribution >= 0.6 is 22.6 Å². The third kappa shape index (κ3) is 3.68. The molecule has 1 fully saturated rings. The first kappa shape index (κ1) is 14.3. The summed E-state index contributed by atoms with van der Waals surface area (Å²) in [5.74, 6) is 0.908. The molecule has 2 nitrogen and oxygen atoms in total. The molecule has 0 heterocycles. The Labute approximate surface area is 124 Å². The lowest BCUT2D eigenvalue weighted by Crippen LogP contribution is -2.40. The molecule has 1 unspecified atom stereocenters. The van der Waals surface area contributed by atoms with E-state index in [1.807, 2.05) is 0 Å². The lowest BCUT2D eigenvalue weighted by Gasteiger charge is -2.34. The van der Waals surface area contributed by atoms with Gasteiger partial charge in [-0.1, -0.05) is 12.1 Å². The molecule has 2 rings (SSSR count). The summed E-state index contributed by atoms with van der Waals surface area (Å²) in [6.07, 6.45) is 2.79. The number of nitrogens with two attached hydrogens (primary N) is 1. The molecule has 1 saturated carbocycles. The van der Waals surface area contributed by atoms with Gasteiger partial charge in [-0.3, -0.25) is 4.90 Å². The van der Waals surface area contributed by atoms with E-state index in [1.165, 1.54) is 28.5 Å². The predicted molar refractivity (Wildman–Crippen MR) is 85.5 cm³/mol. The standard InChI is InChI=1S/C15H23IN2/c1-11(2)18(10-12-3-4-12)15(9-17)13-5-7-14(16)8-6-13/h5-8,11-12,15H,3-4,9-10,17H2,1-2H3. The molecule has 1 aromatic rings. The van der Waals surface area contributed by atoms with E-state index in [9.17, 15) is 0 Å². The summed E-state index contributed by atoms with van der Waals surface area (Å²) in [6.45, 7) is 6.45. The van der Waals surface area contributed by atoms with Crippen LogP contribution in [0.5, 0.6) is 0 Å². The first-order chi connectivity index (χ1) is 8.61. The molecule has 0 radical (unpaired) electrons. The summed E-state index contributed by atoms with van der Waals surface area (Å²) in [7, 11) is 0. The monoisotopic (exact) mass is 358 g/mol. The van der Waals surface area contributed by atoms with E-state index >= 15 is 0 Å². The number of nitrogens with zero attached hydrogens (tertiary/aromatic N) is 1. The molecule has 1 aliphatic rings. The molecule has 1 aromatic carbocycles. The van der Waals surface area contributed by atoms with Crippen LogP contribution < -0.4 is 5.73 Å². The van der Waals surface area contributed by atoms with E-state index < -0.39 is 0 Å². The fourth-order valence-corrected chi connectivity index (χ4v) is 2.80. The number of rotatable bonds is 6. The Morgan fingerprint density at radius 1 is 1.28 bits per heavy atom. The first-order valence-electron chi connectivity index (χ1n) is 6.83. The molecule has 3 heteroatoms.